The Labute approximate surface area is 106 Å². The standard InChI is InChI=1S/C13H16ClN3/c1-8-7-15-17-11(14)6-10(16-12(8)17)9(2)13(3)4-5-13/h6-7,9H,4-5H2,1-3H3. The molecule has 0 saturated heterocycles. The number of nitrogens with zero attached hydrogens (tertiary/aromatic N) is 3. The molecule has 1 saturated carbocycles. The van der Waals surface area contributed by atoms with Crippen molar-refractivity contribution in [3.05, 3.63) is 28.7 Å². The first-order valence-corrected chi connectivity index (χ1v) is 6.40. The van der Waals surface area contributed by atoms with Crippen LogP contribution >= 0.6 is 11.6 Å². The average molecular weight is 250 g/mol. The van der Waals surface area contributed by atoms with Gasteiger partial charge in [-0.2, -0.15) is 5.10 Å². The van der Waals surface area contributed by atoms with Gasteiger partial charge in [-0.1, -0.05) is 25.4 Å². The van der Waals surface area contributed by atoms with Gasteiger partial charge in [-0.25, -0.2) is 9.50 Å². The quantitative estimate of drug-likeness (QED) is 0.762. The lowest BCUT2D eigenvalue weighted by Gasteiger charge is -2.18. The first-order valence-electron chi connectivity index (χ1n) is 6.02. The number of hydrogen-bond donors (Lipinski definition) is 0. The van der Waals surface area contributed by atoms with Gasteiger partial charge in [0.05, 0.1) is 6.20 Å². The molecule has 17 heavy (non-hydrogen) atoms. The molecular formula is C13H16ClN3. The van der Waals surface area contributed by atoms with Crippen molar-refractivity contribution in [1.29, 1.82) is 0 Å². The molecule has 90 valence electrons. The second-order valence-corrected chi connectivity index (χ2v) is 5.83. The van der Waals surface area contributed by atoms with Crippen molar-refractivity contribution in [2.45, 2.75) is 39.5 Å². The van der Waals surface area contributed by atoms with Crippen molar-refractivity contribution in [1.82, 2.24) is 14.6 Å². The number of rotatable bonds is 2. The lowest BCUT2D eigenvalue weighted by Crippen LogP contribution is -2.10. The van der Waals surface area contributed by atoms with Crippen LogP contribution in [-0.2, 0) is 0 Å². The summed E-state index contributed by atoms with van der Waals surface area (Å²) in [4.78, 5) is 4.72. The maximum Gasteiger partial charge on any atom is 0.159 e. The number of fused-ring (bicyclic) bond motifs is 1. The lowest BCUT2D eigenvalue weighted by molar-refractivity contribution is 0.460. The topological polar surface area (TPSA) is 30.2 Å². The predicted molar refractivity (Wildman–Crippen MR) is 68.5 cm³/mol. The largest absolute Gasteiger partial charge is 0.233 e. The summed E-state index contributed by atoms with van der Waals surface area (Å²) >= 11 is 6.25. The zero-order valence-electron chi connectivity index (χ0n) is 10.4. The fraction of sp³-hybridized carbons (Fsp3) is 0.538. The van der Waals surface area contributed by atoms with E-state index >= 15 is 0 Å². The molecule has 1 fully saturated rings. The summed E-state index contributed by atoms with van der Waals surface area (Å²) < 4.78 is 1.70. The number of halogens is 1. The van der Waals surface area contributed by atoms with Gasteiger partial charge in [-0.05, 0) is 31.2 Å². The summed E-state index contributed by atoms with van der Waals surface area (Å²) in [6.45, 7) is 6.58. The minimum absolute atomic E-state index is 0.419. The predicted octanol–water partition coefficient (Wildman–Crippen LogP) is 3.59. The van der Waals surface area contributed by atoms with Crippen LogP contribution in [0.1, 0.15) is 43.9 Å². The van der Waals surface area contributed by atoms with Gasteiger partial charge in [-0.3, -0.25) is 0 Å². The third-order valence-corrected chi connectivity index (χ3v) is 4.42. The van der Waals surface area contributed by atoms with E-state index < -0.39 is 0 Å². The SMILES string of the molecule is Cc1cnn2c(Cl)cc(C(C)C3(C)CC3)nc12. The van der Waals surface area contributed by atoms with Gasteiger partial charge in [0, 0.05) is 17.2 Å². The summed E-state index contributed by atoms with van der Waals surface area (Å²) in [7, 11) is 0. The van der Waals surface area contributed by atoms with Crippen LogP contribution in [0.3, 0.4) is 0 Å². The van der Waals surface area contributed by atoms with Crippen molar-refractivity contribution in [2.75, 3.05) is 0 Å². The highest BCUT2D eigenvalue weighted by Crippen LogP contribution is 2.55. The third kappa shape index (κ3) is 1.64. The van der Waals surface area contributed by atoms with Crippen molar-refractivity contribution in [3.8, 4) is 0 Å². The monoisotopic (exact) mass is 249 g/mol. The fourth-order valence-electron chi connectivity index (χ4n) is 2.26. The molecule has 2 aromatic heterocycles. The minimum Gasteiger partial charge on any atom is -0.233 e. The van der Waals surface area contributed by atoms with Gasteiger partial charge in [0.2, 0.25) is 0 Å². The molecule has 1 aliphatic carbocycles. The Bertz CT molecular complexity index is 584. The molecule has 3 nitrogen and oxygen atoms in total. The van der Waals surface area contributed by atoms with Crippen LogP contribution < -0.4 is 0 Å². The molecule has 4 heteroatoms. The Morgan fingerprint density at radius 1 is 1.47 bits per heavy atom. The van der Waals surface area contributed by atoms with E-state index in [0.29, 0.717) is 16.5 Å². The summed E-state index contributed by atoms with van der Waals surface area (Å²) in [6, 6.07) is 1.95. The molecule has 0 spiro atoms. The Kier molecular flexibility index (Phi) is 2.24. The maximum atomic E-state index is 6.25. The Morgan fingerprint density at radius 3 is 2.82 bits per heavy atom. The number of hydrogen-bond acceptors (Lipinski definition) is 2. The Hall–Kier alpha value is -1.09. The second-order valence-electron chi connectivity index (χ2n) is 5.44. The molecule has 0 aromatic carbocycles. The highest BCUT2D eigenvalue weighted by Gasteiger charge is 2.43. The van der Waals surface area contributed by atoms with E-state index in [9.17, 15) is 0 Å². The van der Waals surface area contributed by atoms with E-state index in [4.69, 9.17) is 16.6 Å². The highest BCUT2D eigenvalue weighted by atomic mass is 35.5. The summed E-state index contributed by atoms with van der Waals surface area (Å²) in [5.74, 6) is 0.458. The molecule has 0 aliphatic heterocycles. The smallest absolute Gasteiger partial charge is 0.159 e. The van der Waals surface area contributed by atoms with Crippen molar-refractivity contribution in [3.63, 3.8) is 0 Å². The molecule has 0 bridgehead atoms. The van der Waals surface area contributed by atoms with Gasteiger partial charge in [0.15, 0.2) is 5.65 Å². The molecule has 1 aliphatic rings. The first-order chi connectivity index (χ1) is 8.01. The van der Waals surface area contributed by atoms with Gasteiger partial charge in [0.1, 0.15) is 5.15 Å². The Morgan fingerprint density at radius 2 is 2.18 bits per heavy atom. The molecule has 0 radical (unpaired) electrons. The van der Waals surface area contributed by atoms with E-state index in [1.54, 1.807) is 4.52 Å². The van der Waals surface area contributed by atoms with Gasteiger partial charge in [0.25, 0.3) is 0 Å². The van der Waals surface area contributed by atoms with Crippen molar-refractivity contribution in [2.24, 2.45) is 5.41 Å². The zero-order chi connectivity index (χ0) is 12.2. The van der Waals surface area contributed by atoms with Gasteiger partial charge >= 0.3 is 0 Å². The molecule has 1 unspecified atom stereocenters. The molecule has 3 rings (SSSR count). The van der Waals surface area contributed by atoms with Crippen LogP contribution in [0.25, 0.3) is 5.65 Å². The van der Waals surface area contributed by atoms with E-state index in [0.717, 1.165) is 16.9 Å². The molecule has 1 atom stereocenters. The van der Waals surface area contributed by atoms with Crippen LogP contribution in [0.4, 0.5) is 0 Å². The normalized spacial score (nSPS) is 19.5. The molecule has 2 aromatic rings. The Balaban J connectivity index is 2.14. The summed E-state index contributed by atoms with van der Waals surface area (Å²) in [5.41, 5.74) is 3.46. The second kappa shape index (κ2) is 3.45. The zero-order valence-corrected chi connectivity index (χ0v) is 11.1. The van der Waals surface area contributed by atoms with Crippen LogP contribution in [0.2, 0.25) is 5.15 Å². The van der Waals surface area contributed by atoms with E-state index in [2.05, 4.69) is 18.9 Å². The van der Waals surface area contributed by atoms with Crippen LogP contribution in [0.5, 0.6) is 0 Å². The van der Waals surface area contributed by atoms with E-state index in [1.165, 1.54) is 12.8 Å². The number of aryl methyl sites for hydroxylation is 1. The average Bonchev–Trinajstić information content (AvgIpc) is 2.94. The van der Waals surface area contributed by atoms with E-state index in [1.807, 2.05) is 19.2 Å². The first kappa shape index (κ1) is 11.0. The van der Waals surface area contributed by atoms with Crippen LogP contribution in [-0.4, -0.2) is 14.6 Å². The van der Waals surface area contributed by atoms with E-state index in [-0.39, 0.29) is 0 Å². The maximum absolute atomic E-state index is 6.25. The minimum atomic E-state index is 0.419. The highest BCUT2D eigenvalue weighted by molar-refractivity contribution is 6.29. The van der Waals surface area contributed by atoms with Gasteiger partial charge < -0.3 is 0 Å². The lowest BCUT2D eigenvalue weighted by atomic mass is 9.90. The molecule has 0 N–H and O–H groups in total. The summed E-state index contributed by atoms with van der Waals surface area (Å²) in [5, 5.41) is 4.87. The van der Waals surface area contributed by atoms with Crippen molar-refractivity contribution >= 4 is 17.2 Å². The van der Waals surface area contributed by atoms with Crippen LogP contribution in [0.15, 0.2) is 12.3 Å². The fourth-order valence-corrected chi connectivity index (χ4v) is 2.50. The van der Waals surface area contributed by atoms with Gasteiger partial charge in [-0.15, -0.1) is 0 Å². The molecular weight excluding hydrogens is 234 g/mol. The molecule has 2 heterocycles. The summed E-state index contributed by atoms with van der Waals surface area (Å²) in [6.07, 6.45) is 4.38. The number of aromatic nitrogens is 3. The van der Waals surface area contributed by atoms with Crippen molar-refractivity contribution < 1.29 is 0 Å². The van der Waals surface area contributed by atoms with Crippen LogP contribution in [0, 0.1) is 12.3 Å². The molecule has 0 amide bonds. The third-order valence-electron chi connectivity index (χ3n) is 4.15.